The normalized spacial score (nSPS) is 9.80. The van der Waals surface area contributed by atoms with Gasteiger partial charge in [0.2, 0.25) is 0 Å². The number of nitrogens with one attached hydrogen (secondary N) is 2. The Labute approximate surface area is 115 Å². The van der Waals surface area contributed by atoms with Gasteiger partial charge in [0.05, 0.1) is 0 Å². The summed E-state index contributed by atoms with van der Waals surface area (Å²) in [7, 11) is 0. The molecule has 6 nitrogen and oxygen atoms in total. The molecule has 0 fully saturated rings. The highest BCUT2D eigenvalue weighted by molar-refractivity contribution is 6.04. The molecule has 20 heavy (non-hydrogen) atoms. The lowest BCUT2D eigenvalue weighted by molar-refractivity contribution is 0.102. The first-order valence-electron chi connectivity index (χ1n) is 5.88. The fourth-order valence-electron chi connectivity index (χ4n) is 1.66. The van der Waals surface area contributed by atoms with Crippen molar-refractivity contribution >= 4 is 29.0 Å². The van der Waals surface area contributed by atoms with Crippen molar-refractivity contribution < 1.29 is 9.59 Å². The first kappa shape index (κ1) is 13.4. The summed E-state index contributed by atoms with van der Waals surface area (Å²) in [6, 6.07) is 12.7. The lowest BCUT2D eigenvalue weighted by atomic mass is 10.2. The van der Waals surface area contributed by atoms with Crippen molar-refractivity contribution in [1.29, 1.82) is 0 Å². The summed E-state index contributed by atoms with van der Waals surface area (Å²) in [5.74, 6) is -0.257. The molecule has 0 spiro atoms. The molecule has 0 saturated heterocycles. The van der Waals surface area contributed by atoms with E-state index in [1.807, 2.05) is 0 Å². The molecule has 0 aliphatic carbocycles. The monoisotopic (exact) mass is 270 g/mol. The molecule has 0 atom stereocenters. The maximum atomic E-state index is 12.0. The molecule has 6 N–H and O–H groups in total. The summed E-state index contributed by atoms with van der Waals surface area (Å²) in [4.78, 5) is 22.7. The van der Waals surface area contributed by atoms with Crippen LogP contribution in [-0.2, 0) is 0 Å². The molecule has 0 radical (unpaired) electrons. The highest BCUT2D eigenvalue weighted by Gasteiger charge is 2.06. The van der Waals surface area contributed by atoms with Crippen LogP contribution in [-0.4, -0.2) is 11.9 Å². The topological polar surface area (TPSA) is 110 Å². The van der Waals surface area contributed by atoms with E-state index >= 15 is 0 Å². The van der Waals surface area contributed by atoms with Crippen LogP contribution >= 0.6 is 0 Å². The van der Waals surface area contributed by atoms with Crippen LogP contribution in [0.4, 0.5) is 21.9 Å². The molecule has 2 aromatic carbocycles. The predicted molar refractivity (Wildman–Crippen MR) is 78.5 cm³/mol. The second-order valence-corrected chi connectivity index (χ2v) is 4.15. The number of nitrogens with two attached hydrogens (primary N) is 2. The van der Waals surface area contributed by atoms with E-state index in [1.54, 1.807) is 48.5 Å². The van der Waals surface area contributed by atoms with Crippen LogP contribution in [0.15, 0.2) is 48.5 Å². The number of nitrogen functional groups attached to an aromatic ring is 1. The molecule has 6 heteroatoms. The van der Waals surface area contributed by atoms with Crippen LogP contribution in [0.5, 0.6) is 0 Å². The number of carbonyl (C=O) groups is 2. The van der Waals surface area contributed by atoms with Gasteiger partial charge in [-0.25, -0.2) is 4.79 Å². The number of hydrogen-bond acceptors (Lipinski definition) is 3. The van der Waals surface area contributed by atoms with Crippen LogP contribution in [0.25, 0.3) is 0 Å². The third-order valence-electron chi connectivity index (χ3n) is 2.56. The van der Waals surface area contributed by atoms with Gasteiger partial charge in [-0.1, -0.05) is 6.07 Å². The fraction of sp³-hybridized carbons (Fsp3) is 0. The fourth-order valence-corrected chi connectivity index (χ4v) is 1.66. The van der Waals surface area contributed by atoms with Gasteiger partial charge in [0.1, 0.15) is 0 Å². The molecule has 0 aromatic heterocycles. The first-order chi connectivity index (χ1) is 9.54. The van der Waals surface area contributed by atoms with Gasteiger partial charge in [0.25, 0.3) is 5.91 Å². The molecule has 0 bridgehead atoms. The smallest absolute Gasteiger partial charge is 0.316 e. The Morgan fingerprint density at radius 2 is 1.50 bits per heavy atom. The number of urea groups is 1. The van der Waals surface area contributed by atoms with E-state index in [4.69, 9.17) is 11.5 Å². The third kappa shape index (κ3) is 3.49. The van der Waals surface area contributed by atoms with Gasteiger partial charge in [-0.15, -0.1) is 0 Å². The van der Waals surface area contributed by atoms with Crippen molar-refractivity contribution in [2.45, 2.75) is 0 Å². The highest BCUT2D eigenvalue weighted by atomic mass is 16.2. The van der Waals surface area contributed by atoms with E-state index in [-0.39, 0.29) is 5.91 Å². The number of hydrogen-bond donors (Lipinski definition) is 4. The quantitative estimate of drug-likeness (QED) is 0.640. The first-order valence-corrected chi connectivity index (χ1v) is 5.88. The maximum absolute atomic E-state index is 12.0. The number of benzene rings is 2. The summed E-state index contributed by atoms with van der Waals surface area (Å²) in [5, 5.41) is 5.16. The van der Waals surface area contributed by atoms with Crippen LogP contribution in [0, 0.1) is 0 Å². The zero-order chi connectivity index (χ0) is 14.5. The molecule has 2 rings (SSSR count). The van der Waals surface area contributed by atoms with Gasteiger partial charge in [0.15, 0.2) is 0 Å². The second-order valence-electron chi connectivity index (χ2n) is 4.15. The largest absolute Gasteiger partial charge is 0.399 e. The van der Waals surface area contributed by atoms with Gasteiger partial charge in [-0.2, -0.15) is 0 Å². The Bertz CT molecular complexity index is 638. The van der Waals surface area contributed by atoms with E-state index in [0.717, 1.165) is 0 Å². The predicted octanol–water partition coefficient (Wildman–Crippen LogP) is 2.01. The molecular weight excluding hydrogens is 256 g/mol. The lowest BCUT2D eigenvalue weighted by Gasteiger charge is -2.07. The van der Waals surface area contributed by atoms with Crippen LogP contribution in [0.2, 0.25) is 0 Å². The summed E-state index contributed by atoms with van der Waals surface area (Å²) < 4.78 is 0. The minimum Gasteiger partial charge on any atom is -0.399 e. The molecular formula is C14H14N4O2. The number of primary amides is 1. The molecule has 3 amide bonds. The number of rotatable bonds is 3. The Morgan fingerprint density at radius 3 is 2.05 bits per heavy atom. The third-order valence-corrected chi connectivity index (χ3v) is 2.56. The lowest BCUT2D eigenvalue weighted by Crippen LogP contribution is -2.19. The van der Waals surface area contributed by atoms with Crippen molar-refractivity contribution in [3.8, 4) is 0 Å². The van der Waals surface area contributed by atoms with E-state index in [9.17, 15) is 9.59 Å². The molecule has 0 unspecified atom stereocenters. The van der Waals surface area contributed by atoms with Gasteiger partial charge in [-0.05, 0) is 42.5 Å². The summed E-state index contributed by atoms with van der Waals surface area (Å²) in [5.41, 5.74) is 12.8. The Kier molecular flexibility index (Phi) is 3.85. The van der Waals surface area contributed by atoms with Crippen LogP contribution in [0.1, 0.15) is 10.4 Å². The van der Waals surface area contributed by atoms with E-state index in [0.29, 0.717) is 22.6 Å². The standard InChI is InChI=1S/C14H14N4O2/c15-10-3-1-2-9(8-10)13(19)17-11-4-6-12(7-5-11)18-14(16)20/h1-8H,15H2,(H,17,19)(H3,16,18,20). The minimum absolute atomic E-state index is 0.257. The zero-order valence-corrected chi connectivity index (χ0v) is 10.6. The zero-order valence-electron chi connectivity index (χ0n) is 10.6. The number of anilines is 3. The van der Waals surface area contributed by atoms with Crippen LogP contribution in [0.3, 0.4) is 0 Å². The van der Waals surface area contributed by atoms with Gasteiger partial charge in [0, 0.05) is 22.6 Å². The van der Waals surface area contributed by atoms with E-state index in [2.05, 4.69) is 10.6 Å². The highest BCUT2D eigenvalue weighted by Crippen LogP contribution is 2.15. The maximum Gasteiger partial charge on any atom is 0.316 e. The number of carbonyl (C=O) groups excluding carboxylic acids is 2. The Morgan fingerprint density at radius 1 is 0.900 bits per heavy atom. The van der Waals surface area contributed by atoms with Crippen molar-refractivity contribution in [3.05, 3.63) is 54.1 Å². The molecule has 0 aliphatic heterocycles. The van der Waals surface area contributed by atoms with Gasteiger partial charge in [-0.3, -0.25) is 4.79 Å². The minimum atomic E-state index is -0.637. The molecule has 2 aromatic rings. The second kappa shape index (κ2) is 5.75. The average Bonchev–Trinajstić information content (AvgIpc) is 2.40. The average molecular weight is 270 g/mol. The van der Waals surface area contributed by atoms with E-state index < -0.39 is 6.03 Å². The van der Waals surface area contributed by atoms with Crippen molar-refractivity contribution in [1.82, 2.24) is 0 Å². The van der Waals surface area contributed by atoms with Crippen LogP contribution < -0.4 is 22.1 Å². The Balaban J connectivity index is 2.06. The summed E-state index contributed by atoms with van der Waals surface area (Å²) in [6.45, 7) is 0. The Hall–Kier alpha value is -3.02. The number of amides is 3. The van der Waals surface area contributed by atoms with Crippen molar-refractivity contribution in [3.63, 3.8) is 0 Å². The SMILES string of the molecule is NC(=O)Nc1ccc(NC(=O)c2cccc(N)c2)cc1. The molecule has 0 saturated carbocycles. The summed E-state index contributed by atoms with van der Waals surface area (Å²) in [6.07, 6.45) is 0. The summed E-state index contributed by atoms with van der Waals surface area (Å²) >= 11 is 0. The van der Waals surface area contributed by atoms with E-state index in [1.165, 1.54) is 0 Å². The van der Waals surface area contributed by atoms with Crippen molar-refractivity contribution in [2.75, 3.05) is 16.4 Å². The van der Waals surface area contributed by atoms with Crippen molar-refractivity contribution in [2.24, 2.45) is 5.73 Å². The molecule has 102 valence electrons. The molecule has 0 heterocycles. The van der Waals surface area contributed by atoms with Gasteiger partial charge < -0.3 is 22.1 Å². The van der Waals surface area contributed by atoms with Gasteiger partial charge >= 0.3 is 6.03 Å². The molecule has 0 aliphatic rings.